The summed E-state index contributed by atoms with van der Waals surface area (Å²) in [7, 11) is -2.23. The smallest absolute Gasteiger partial charge is 0.308 e. The van der Waals surface area contributed by atoms with E-state index in [1.807, 2.05) is 0 Å². The van der Waals surface area contributed by atoms with Crippen molar-refractivity contribution in [3.63, 3.8) is 0 Å². The maximum atomic E-state index is 11.8. The summed E-state index contributed by atoms with van der Waals surface area (Å²) in [6.45, 7) is 2.06. The number of hydrogen-bond donors (Lipinski definition) is 2. The lowest BCUT2D eigenvalue weighted by molar-refractivity contribution is -0.146. The molecule has 0 aromatic carbocycles. The van der Waals surface area contributed by atoms with E-state index in [2.05, 4.69) is 9.46 Å². The minimum absolute atomic E-state index is 0.0146. The van der Waals surface area contributed by atoms with Crippen LogP contribution in [0.1, 0.15) is 19.8 Å². The number of piperidine rings is 1. The van der Waals surface area contributed by atoms with Crippen LogP contribution in [0.5, 0.6) is 0 Å². The highest BCUT2D eigenvalue weighted by Gasteiger charge is 2.31. The maximum absolute atomic E-state index is 11.8. The second kappa shape index (κ2) is 6.46. The van der Waals surface area contributed by atoms with Gasteiger partial charge in [-0.3, -0.25) is 4.79 Å². The van der Waals surface area contributed by atoms with E-state index in [-0.39, 0.29) is 31.5 Å². The minimum Gasteiger partial charge on any atom is -0.469 e. The summed E-state index contributed by atoms with van der Waals surface area (Å²) in [5, 5.41) is 9.05. The van der Waals surface area contributed by atoms with Crippen LogP contribution >= 0.6 is 0 Å². The molecule has 1 saturated heterocycles. The zero-order valence-corrected chi connectivity index (χ0v) is 11.4. The number of rotatable bonds is 5. The average molecular weight is 280 g/mol. The van der Waals surface area contributed by atoms with Crippen molar-refractivity contribution < 1.29 is 23.1 Å². The van der Waals surface area contributed by atoms with Crippen LogP contribution in [0.4, 0.5) is 0 Å². The van der Waals surface area contributed by atoms with Crippen molar-refractivity contribution in [2.75, 3.05) is 26.7 Å². The summed E-state index contributed by atoms with van der Waals surface area (Å²) in [6.07, 6.45) is 0.192. The molecule has 1 atom stereocenters. The fraction of sp³-hybridized carbons (Fsp3) is 0.900. The van der Waals surface area contributed by atoms with E-state index in [0.29, 0.717) is 12.8 Å². The van der Waals surface area contributed by atoms with Gasteiger partial charge in [0, 0.05) is 19.6 Å². The molecule has 0 aromatic rings. The Kier molecular flexibility index (Phi) is 5.51. The lowest BCUT2D eigenvalue weighted by Gasteiger charge is -2.29. The molecule has 7 nitrogen and oxygen atoms in total. The Morgan fingerprint density at radius 2 is 2.06 bits per heavy atom. The highest BCUT2D eigenvalue weighted by Crippen LogP contribution is 2.19. The summed E-state index contributed by atoms with van der Waals surface area (Å²) < 4.78 is 31.9. The number of carbonyl (C=O) groups is 1. The van der Waals surface area contributed by atoms with Gasteiger partial charge in [0.1, 0.15) is 0 Å². The first-order chi connectivity index (χ1) is 8.36. The number of hydrogen-bond acceptors (Lipinski definition) is 5. The minimum atomic E-state index is -3.56. The van der Waals surface area contributed by atoms with E-state index in [0.717, 1.165) is 0 Å². The van der Waals surface area contributed by atoms with Gasteiger partial charge in [-0.05, 0) is 19.8 Å². The summed E-state index contributed by atoms with van der Waals surface area (Å²) in [5.41, 5.74) is 0. The zero-order chi connectivity index (χ0) is 13.8. The van der Waals surface area contributed by atoms with Gasteiger partial charge in [0.25, 0.3) is 10.2 Å². The Balaban J connectivity index is 2.49. The van der Waals surface area contributed by atoms with Crippen molar-refractivity contribution in [2.24, 2.45) is 5.92 Å². The normalized spacial score (nSPS) is 20.6. The number of ether oxygens (including phenoxy) is 1. The van der Waals surface area contributed by atoms with Crippen LogP contribution in [0.2, 0.25) is 0 Å². The summed E-state index contributed by atoms with van der Waals surface area (Å²) in [5.74, 6) is -0.512. The molecule has 1 aliphatic heterocycles. The molecule has 0 saturated carbocycles. The van der Waals surface area contributed by atoms with Crippen molar-refractivity contribution in [2.45, 2.75) is 25.9 Å². The van der Waals surface area contributed by atoms with E-state index in [1.54, 1.807) is 0 Å². The van der Waals surface area contributed by atoms with Crippen LogP contribution in [0, 0.1) is 5.92 Å². The Bertz CT molecular complexity index is 374. The van der Waals surface area contributed by atoms with Crippen LogP contribution in [0.25, 0.3) is 0 Å². The number of nitrogens with zero attached hydrogens (tertiary/aromatic N) is 1. The summed E-state index contributed by atoms with van der Waals surface area (Å²) in [4.78, 5) is 11.3. The van der Waals surface area contributed by atoms with Crippen molar-refractivity contribution in [3.05, 3.63) is 0 Å². The first-order valence-corrected chi connectivity index (χ1v) is 7.31. The van der Waals surface area contributed by atoms with E-state index >= 15 is 0 Å². The number of carbonyl (C=O) groups excluding carboxylic acids is 1. The van der Waals surface area contributed by atoms with Gasteiger partial charge in [0.05, 0.1) is 19.1 Å². The zero-order valence-electron chi connectivity index (χ0n) is 10.6. The lowest BCUT2D eigenvalue weighted by atomic mass is 9.99. The van der Waals surface area contributed by atoms with Gasteiger partial charge in [-0.25, -0.2) is 0 Å². The molecule has 1 aliphatic rings. The fourth-order valence-electron chi connectivity index (χ4n) is 1.82. The van der Waals surface area contributed by atoms with Gasteiger partial charge in [-0.2, -0.15) is 17.4 Å². The monoisotopic (exact) mass is 280 g/mol. The number of aliphatic hydroxyl groups excluding tert-OH is 1. The third-order valence-corrected chi connectivity index (χ3v) is 4.47. The van der Waals surface area contributed by atoms with Crippen LogP contribution < -0.4 is 4.72 Å². The molecule has 1 rings (SSSR count). The predicted octanol–water partition coefficient (Wildman–Crippen LogP) is -0.913. The van der Waals surface area contributed by atoms with E-state index in [4.69, 9.17) is 5.11 Å². The highest BCUT2D eigenvalue weighted by atomic mass is 32.2. The van der Waals surface area contributed by atoms with E-state index in [1.165, 1.54) is 18.3 Å². The third-order valence-electron chi connectivity index (χ3n) is 2.89. The van der Waals surface area contributed by atoms with Crippen LogP contribution in [0.15, 0.2) is 0 Å². The van der Waals surface area contributed by atoms with Crippen molar-refractivity contribution in [1.82, 2.24) is 9.03 Å². The summed E-state index contributed by atoms with van der Waals surface area (Å²) >= 11 is 0. The van der Waals surface area contributed by atoms with Gasteiger partial charge in [-0.15, -0.1) is 0 Å². The second-order valence-electron chi connectivity index (χ2n) is 4.40. The molecule has 0 amide bonds. The van der Waals surface area contributed by atoms with Gasteiger partial charge >= 0.3 is 5.97 Å². The second-order valence-corrected chi connectivity index (χ2v) is 6.15. The highest BCUT2D eigenvalue weighted by molar-refractivity contribution is 7.87. The average Bonchev–Trinajstić information content (AvgIpc) is 2.36. The molecule has 8 heteroatoms. The first kappa shape index (κ1) is 15.4. The molecule has 18 heavy (non-hydrogen) atoms. The molecule has 1 fully saturated rings. The first-order valence-electron chi connectivity index (χ1n) is 5.87. The quantitative estimate of drug-likeness (QED) is 0.635. The topological polar surface area (TPSA) is 95.9 Å². The van der Waals surface area contributed by atoms with Crippen LogP contribution in [0.3, 0.4) is 0 Å². The number of methoxy groups -OCH3 is 1. The number of esters is 1. The lowest BCUT2D eigenvalue weighted by Crippen LogP contribution is -2.47. The Labute approximate surface area is 107 Å². The molecule has 0 aliphatic carbocycles. The van der Waals surface area contributed by atoms with Gasteiger partial charge in [-0.1, -0.05) is 0 Å². The van der Waals surface area contributed by atoms with Crippen molar-refractivity contribution >= 4 is 16.2 Å². The fourth-order valence-corrected chi connectivity index (χ4v) is 3.14. The molecule has 0 aromatic heterocycles. The molecular formula is C10H20N2O5S. The molecule has 0 radical (unpaired) electrons. The number of nitrogens with one attached hydrogen (secondary N) is 1. The third kappa shape index (κ3) is 4.20. The molecule has 2 N–H and O–H groups in total. The number of aliphatic hydroxyl groups is 1. The van der Waals surface area contributed by atoms with E-state index in [9.17, 15) is 13.2 Å². The van der Waals surface area contributed by atoms with Crippen molar-refractivity contribution in [3.8, 4) is 0 Å². The maximum Gasteiger partial charge on any atom is 0.308 e. The Hall–Kier alpha value is -0.700. The Morgan fingerprint density at radius 1 is 1.50 bits per heavy atom. The molecule has 0 bridgehead atoms. The standard InChI is InChI=1S/C10H20N2O5S/c1-8(13)7-11-18(15,16)12-5-3-9(4-6-12)10(14)17-2/h8-9,11,13H,3-7H2,1-2H3/t8-/m0/s1. The molecule has 0 spiro atoms. The van der Waals surface area contributed by atoms with Gasteiger partial charge in [0.15, 0.2) is 0 Å². The van der Waals surface area contributed by atoms with Crippen molar-refractivity contribution in [1.29, 1.82) is 0 Å². The summed E-state index contributed by atoms with van der Waals surface area (Å²) in [6, 6.07) is 0. The van der Waals surface area contributed by atoms with Crippen LogP contribution in [-0.2, 0) is 19.7 Å². The van der Waals surface area contributed by atoms with Gasteiger partial charge < -0.3 is 9.84 Å². The molecular weight excluding hydrogens is 260 g/mol. The SMILES string of the molecule is COC(=O)C1CCN(S(=O)(=O)NC[C@H](C)O)CC1. The van der Waals surface area contributed by atoms with E-state index < -0.39 is 16.3 Å². The molecule has 0 unspecified atom stereocenters. The molecule has 106 valence electrons. The largest absolute Gasteiger partial charge is 0.469 e. The Morgan fingerprint density at radius 3 is 2.50 bits per heavy atom. The molecule has 1 heterocycles. The predicted molar refractivity (Wildman–Crippen MR) is 64.9 cm³/mol. The van der Waals surface area contributed by atoms with Gasteiger partial charge in [0.2, 0.25) is 0 Å². The van der Waals surface area contributed by atoms with Crippen LogP contribution in [-0.4, -0.2) is 56.6 Å².